The van der Waals surface area contributed by atoms with E-state index < -0.39 is 130 Å². The highest BCUT2D eigenvalue weighted by molar-refractivity contribution is 6.09. The van der Waals surface area contributed by atoms with Gasteiger partial charge in [0.1, 0.15) is 0 Å². The Morgan fingerprint density at radius 3 is 2.11 bits per heavy atom. The highest BCUT2D eigenvalue weighted by Gasteiger charge is 2.34. The molecule has 0 saturated heterocycles. The second-order valence-corrected chi connectivity index (χ2v) is 10.6. The lowest BCUT2D eigenvalue weighted by atomic mass is 9.67. The molecule has 44 heavy (non-hydrogen) atoms. The van der Waals surface area contributed by atoms with Crippen LogP contribution in [0, 0.1) is 0 Å². The molecule has 210 valence electrons. The van der Waals surface area contributed by atoms with Gasteiger partial charge in [-0.05, 0) is 91.6 Å². The smallest absolute Gasteiger partial charge is 0.0645 e. The molecule has 0 aromatic heterocycles. The van der Waals surface area contributed by atoms with E-state index >= 15 is 0 Å². The van der Waals surface area contributed by atoms with Crippen LogP contribution in [0.5, 0.6) is 0 Å². The number of anilines is 3. The molecule has 0 bridgehead atoms. The van der Waals surface area contributed by atoms with E-state index in [1.807, 2.05) is 0 Å². The van der Waals surface area contributed by atoms with Crippen molar-refractivity contribution < 1.29 is 28.8 Å². The van der Waals surface area contributed by atoms with E-state index in [0.29, 0.717) is 0 Å². The normalized spacial score (nSPS) is 19.6. The highest BCUT2D eigenvalue weighted by atomic mass is 15.1. The molecule has 1 nitrogen and oxygen atoms in total. The van der Waals surface area contributed by atoms with Crippen LogP contribution >= 0.6 is 0 Å². The van der Waals surface area contributed by atoms with Crippen molar-refractivity contribution in [1.29, 1.82) is 0 Å². The van der Waals surface area contributed by atoms with E-state index in [4.69, 9.17) is 19.2 Å². The standard InChI is InChI=1S/C43H33N/c1-43(2)39-18-10-9-17-38(39)42-37(29-24-33-14-11-19-40(43)41(33)42)32-22-27-36(28-23-32)44(34-15-7-4-8-16-34)35-25-20-31(21-26-35)30-12-5-3-6-13-30/h3-29H,1-2H3/i4D,5D,7D,8D,9D,10D,11D,12D,13D,15D,18D,19D,20D,21D,22D,24D,25D,26D,27D,28D,29D. The van der Waals surface area contributed by atoms with Crippen LogP contribution in [0.3, 0.4) is 0 Å². The molecule has 0 spiro atoms. The SMILES string of the molecule is [2H]c1cc(N(c2c([2H])cc(-c3c([2H])c([2H])c4cc([2H])c([2H])c5c4c3-c3cc([2H])c([2H])c([2H])c3C5(C)C)c([2H])c2[2H])c2c([2H])c([2H])c(-c3c([2H])ccc([2H])c3[2H])c([2H])c2[2H])c([2H])c([2H])c1[2H]. The van der Waals surface area contributed by atoms with Crippen LogP contribution in [-0.2, 0) is 5.41 Å². The molecule has 0 saturated carbocycles. The second-order valence-electron chi connectivity index (χ2n) is 10.6. The fourth-order valence-electron chi connectivity index (χ4n) is 5.56. The first-order valence-corrected chi connectivity index (χ1v) is 13.6. The third kappa shape index (κ3) is 4.24. The molecule has 7 aromatic carbocycles. The predicted molar refractivity (Wildman–Crippen MR) is 187 cm³/mol. The van der Waals surface area contributed by atoms with Crippen LogP contribution in [0.15, 0.2) is 163 Å². The molecule has 0 fully saturated rings. The molecule has 7 aromatic rings. The number of fused-ring (bicyclic) bond motifs is 2. The average Bonchev–Trinajstić information content (AvgIpc) is 3.24. The van der Waals surface area contributed by atoms with Crippen molar-refractivity contribution in [2.75, 3.05) is 4.90 Å². The van der Waals surface area contributed by atoms with Crippen LogP contribution < -0.4 is 4.90 Å². The maximum atomic E-state index is 9.55. The summed E-state index contributed by atoms with van der Waals surface area (Å²) in [6.07, 6.45) is 0. The van der Waals surface area contributed by atoms with E-state index in [-0.39, 0.29) is 74.4 Å². The zero-order chi connectivity index (χ0) is 47.9. The largest absolute Gasteiger partial charge is 0.311 e. The summed E-state index contributed by atoms with van der Waals surface area (Å²) in [5, 5.41) is 0.253. The Morgan fingerprint density at radius 2 is 1.23 bits per heavy atom. The van der Waals surface area contributed by atoms with Gasteiger partial charge in [0.15, 0.2) is 0 Å². The molecular formula is C43H33N. The maximum absolute atomic E-state index is 9.55. The fourth-order valence-corrected chi connectivity index (χ4v) is 5.56. The topological polar surface area (TPSA) is 3.24 Å². The second kappa shape index (κ2) is 10.4. The lowest BCUT2D eigenvalue weighted by Crippen LogP contribution is -2.23. The molecule has 0 heterocycles. The summed E-state index contributed by atoms with van der Waals surface area (Å²) >= 11 is 0. The minimum atomic E-state index is -1.27. The lowest BCUT2D eigenvalue weighted by molar-refractivity contribution is 0.645. The number of rotatable bonds is 5. The van der Waals surface area contributed by atoms with Crippen LogP contribution in [-0.4, -0.2) is 0 Å². The summed E-state index contributed by atoms with van der Waals surface area (Å²) in [5.74, 6) is 0. The maximum Gasteiger partial charge on any atom is 0.0645 e. The van der Waals surface area contributed by atoms with Gasteiger partial charge in [0.25, 0.3) is 0 Å². The summed E-state index contributed by atoms with van der Waals surface area (Å²) in [7, 11) is 0. The van der Waals surface area contributed by atoms with Gasteiger partial charge >= 0.3 is 0 Å². The minimum absolute atomic E-state index is 0.0457. The lowest BCUT2D eigenvalue weighted by Gasteiger charge is -2.36. The molecule has 0 radical (unpaired) electrons. The number of benzene rings is 7. The Bertz CT molecular complexity index is 3290. The third-order valence-electron chi connectivity index (χ3n) is 7.63. The van der Waals surface area contributed by atoms with Gasteiger partial charge in [0, 0.05) is 22.5 Å². The van der Waals surface area contributed by atoms with E-state index in [1.165, 1.54) is 12.1 Å². The number of hydrogen-bond donors (Lipinski definition) is 0. The molecule has 0 atom stereocenters. The molecule has 0 unspecified atom stereocenters. The van der Waals surface area contributed by atoms with E-state index in [9.17, 15) is 9.60 Å². The number of para-hydroxylation sites is 1. The van der Waals surface area contributed by atoms with Crippen LogP contribution in [0.4, 0.5) is 17.1 Å². The molecular weight excluding hydrogens is 530 g/mol. The molecule has 1 aliphatic rings. The van der Waals surface area contributed by atoms with Crippen LogP contribution in [0.1, 0.15) is 53.8 Å². The van der Waals surface area contributed by atoms with Gasteiger partial charge in [-0.3, -0.25) is 0 Å². The first-order chi connectivity index (χ1) is 30.3. The quantitative estimate of drug-likeness (QED) is 0.194. The van der Waals surface area contributed by atoms with Gasteiger partial charge in [-0.2, -0.15) is 0 Å². The highest BCUT2D eigenvalue weighted by Crippen LogP contribution is 2.51. The summed E-state index contributed by atoms with van der Waals surface area (Å²) in [4.78, 5) is 0.730. The Labute approximate surface area is 289 Å². The predicted octanol–water partition coefficient (Wildman–Crippen LogP) is 11.9. The van der Waals surface area contributed by atoms with Crippen LogP contribution in [0.25, 0.3) is 44.2 Å². The molecule has 0 N–H and O–H groups in total. The molecule has 1 heteroatoms. The van der Waals surface area contributed by atoms with Gasteiger partial charge in [-0.25, -0.2) is 0 Å². The van der Waals surface area contributed by atoms with E-state index in [2.05, 4.69) is 0 Å². The first-order valence-electron chi connectivity index (χ1n) is 24.1. The van der Waals surface area contributed by atoms with Crippen molar-refractivity contribution >= 4 is 27.8 Å². The van der Waals surface area contributed by atoms with Gasteiger partial charge in [-0.15, -0.1) is 0 Å². The number of nitrogens with zero attached hydrogens (tertiary/aromatic N) is 1. The monoisotopic (exact) mass is 584 g/mol. The van der Waals surface area contributed by atoms with Crippen molar-refractivity contribution in [2.24, 2.45) is 0 Å². The van der Waals surface area contributed by atoms with Crippen molar-refractivity contribution in [2.45, 2.75) is 19.3 Å². The van der Waals surface area contributed by atoms with Gasteiger partial charge < -0.3 is 4.90 Å². The van der Waals surface area contributed by atoms with Gasteiger partial charge in [0.2, 0.25) is 0 Å². The summed E-state index contributed by atoms with van der Waals surface area (Å²) in [5.41, 5.74) is -4.21. The zero-order valence-corrected chi connectivity index (χ0v) is 23.4. The molecule has 8 rings (SSSR count). The Balaban J connectivity index is 1.51. The third-order valence-corrected chi connectivity index (χ3v) is 7.63. The van der Waals surface area contributed by atoms with E-state index in [0.717, 1.165) is 29.2 Å². The van der Waals surface area contributed by atoms with Gasteiger partial charge in [0.05, 0.1) is 28.8 Å². The Morgan fingerprint density at radius 1 is 0.477 bits per heavy atom. The fraction of sp³-hybridized carbons (Fsp3) is 0.0698. The molecule has 1 aliphatic carbocycles. The zero-order valence-electron chi connectivity index (χ0n) is 44.4. The summed E-state index contributed by atoms with van der Waals surface area (Å²) in [6, 6.07) is -6.08. The van der Waals surface area contributed by atoms with Crippen LogP contribution in [0.2, 0.25) is 0 Å². The number of hydrogen-bond acceptors (Lipinski definition) is 1. The molecule has 0 amide bonds. The summed E-state index contributed by atoms with van der Waals surface area (Å²) < 4.78 is 187. The Hall–Kier alpha value is -5.40. The van der Waals surface area contributed by atoms with E-state index in [1.54, 1.807) is 13.8 Å². The summed E-state index contributed by atoms with van der Waals surface area (Å²) in [6.45, 7) is 3.34. The minimum Gasteiger partial charge on any atom is -0.311 e. The van der Waals surface area contributed by atoms with Crippen molar-refractivity contribution in [3.05, 3.63) is 174 Å². The average molecular weight is 585 g/mol. The van der Waals surface area contributed by atoms with Gasteiger partial charge in [-0.1, -0.05) is 141 Å². The first kappa shape index (κ1) is 12.3. The van der Waals surface area contributed by atoms with Crippen molar-refractivity contribution in [3.8, 4) is 33.4 Å². The molecule has 0 aliphatic heterocycles. The van der Waals surface area contributed by atoms with Crippen molar-refractivity contribution in [1.82, 2.24) is 0 Å². The Kier molecular flexibility index (Phi) is 2.91. The van der Waals surface area contributed by atoms with Crippen molar-refractivity contribution in [3.63, 3.8) is 0 Å².